The van der Waals surface area contributed by atoms with Crippen molar-refractivity contribution in [3.63, 3.8) is 0 Å². The van der Waals surface area contributed by atoms with Crippen LogP contribution in [0.5, 0.6) is 11.5 Å². The van der Waals surface area contributed by atoms with E-state index in [1.54, 1.807) is 36.4 Å². The minimum atomic E-state index is -1.36. The number of hydrogen-bond donors (Lipinski definition) is 7. The Morgan fingerprint density at radius 1 is 0.808 bits per heavy atom. The number of benzene rings is 4. The quantitative estimate of drug-likeness (QED) is 0.0388. The molecule has 4 aromatic carbocycles. The molecule has 5 aliphatic rings. The number of nitrogens with zero attached hydrogens (tertiary/aromatic N) is 1. The Hall–Kier alpha value is -6.31. The lowest BCUT2D eigenvalue weighted by molar-refractivity contribution is -0.199. The fourth-order valence-electron chi connectivity index (χ4n) is 12.0. The van der Waals surface area contributed by atoms with Gasteiger partial charge in [-0.3, -0.25) is 24.0 Å². The summed E-state index contributed by atoms with van der Waals surface area (Å²) in [6, 6.07) is 21.5. The van der Waals surface area contributed by atoms with Crippen molar-refractivity contribution in [3.8, 4) is 33.8 Å². The number of carbonyl (C=O) groups is 5. The van der Waals surface area contributed by atoms with Crippen LogP contribution in [0.15, 0.2) is 84.9 Å². The predicted molar refractivity (Wildman–Crippen MR) is 302 cm³/mol. The molecule has 17 nitrogen and oxygen atoms in total. The van der Waals surface area contributed by atoms with E-state index in [0.29, 0.717) is 70.5 Å². The van der Waals surface area contributed by atoms with Crippen LogP contribution >= 0.6 is 0 Å². The Bertz CT molecular complexity index is 2780. The summed E-state index contributed by atoms with van der Waals surface area (Å²) in [7, 11) is 0.787. The molecule has 18 heteroatoms. The van der Waals surface area contributed by atoms with E-state index in [4.69, 9.17) is 36.0 Å². The molecule has 3 aliphatic carbocycles. The summed E-state index contributed by atoms with van der Waals surface area (Å²) in [6.07, 6.45) is 6.51. The minimum absolute atomic E-state index is 0.0483. The van der Waals surface area contributed by atoms with E-state index in [0.717, 1.165) is 43.2 Å². The third-order valence-corrected chi connectivity index (χ3v) is 16.8. The summed E-state index contributed by atoms with van der Waals surface area (Å²) in [5.74, 6) is -1.68. The maximum Gasteiger partial charge on any atom is 0.481 e. The zero-order valence-electron chi connectivity index (χ0n) is 46.5. The zero-order chi connectivity index (χ0) is 55.9. The molecule has 0 aromatic heterocycles. The van der Waals surface area contributed by atoms with Crippen molar-refractivity contribution in [3.05, 3.63) is 107 Å². The lowest BCUT2D eigenvalue weighted by Gasteiger charge is -2.64. The highest BCUT2D eigenvalue weighted by molar-refractivity contribution is 6.47. The largest absolute Gasteiger partial charge is 0.492 e. The maximum atomic E-state index is 15.0. The van der Waals surface area contributed by atoms with Gasteiger partial charge in [-0.2, -0.15) is 0 Å². The van der Waals surface area contributed by atoms with Crippen LogP contribution in [0, 0.1) is 17.3 Å². The van der Waals surface area contributed by atoms with Crippen LogP contribution in [0.2, 0.25) is 0 Å². The van der Waals surface area contributed by atoms with Gasteiger partial charge in [-0.05, 0) is 154 Å². The first-order valence-corrected chi connectivity index (χ1v) is 28.0. The fraction of sp³-hybridized carbons (Fsp3) is 0.517. The predicted octanol–water partition coefficient (Wildman–Crippen LogP) is 5.78. The minimum Gasteiger partial charge on any atom is -0.492 e. The van der Waals surface area contributed by atoms with Crippen molar-refractivity contribution in [2.75, 3.05) is 39.9 Å². The first kappa shape index (κ1) is 57.9. The molecule has 9 atom stereocenters. The number of nitrogens with one attached hydrogen (secondary N) is 4. The van der Waals surface area contributed by atoms with Crippen molar-refractivity contribution in [2.24, 2.45) is 34.5 Å². The highest BCUT2D eigenvalue weighted by Crippen LogP contribution is 2.65. The van der Waals surface area contributed by atoms with Crippen LogP contribution in [0.25, 0.3) is 22.3 Å². The summed E-state index contributed by atoms with van der Waals surface area (Å²) in [6.45, 7) is 13.4. The molecule has 10 N–H and O–H groups in total. The number of fused-ring (bicyclic) bond motifs is 5. The highest BCUT2D eigenvalue weighted by atomic mass is 16.7. The van der Waals surface area contributed by atoms with E-state index >= 15 is 4.79 Å². The molecule has 9 rings (SSSR count). The normalized spacial score (nSPS) is 24.0. The molecule has 0 radical (unpaired) electrons. The average Bonchev–Trinajstić information content (AvgIpc) is 4.03. The van der Waals surface area contributed by atoms with Crippen LogP contribution < -0.4 is 47.9 Å². The molecule has 5 amide bonds. The second-order valence-electron chi connectivity index (χ2n) is 22.5. The van der Waals surface area contributed by atoms with E-state index in [1.807, 2.05) is 31.2 Å². The molecule has 9 unspecified atom stereocenters. The number of rotatable bonds is 21. The van der Waals surface area contributed by atoms with Crippen LogP contribution in [-0.4, -0.2) is 117 Å². The second kappa shape index (κ2) is 25.2. The van der Waals surface area contributed by atoms with Gasteiger partial charge >= 0.3 is 7.12 Å². The maximum absolute atomic E-state index is 15.0. The molecule has 2 heterocycles. The molecular weight excluding hydrogens is 988 g/mol. The zero-order valence-corrected chi connectivity index (χ0v) is 46.5. The van der Waals surface area contributed by atoms with Crippen LogP contribution in [0.1, 0.15) is 120 Å². The summed E-state index contributed by atoms with van der Waals surface area (Å²) in [5.41, 5.74) is 23.1. The first-order chi connectivity index (χ1) is 37.4. The van der Waals surface area contributed by atoms with Gasteiger partial charge in [-0.15, -0.1) is 0 Å². The van der Waals surface area contributed by atoms with Gasteiger partial charge in [0.25, 0.3) is 5.91 Å². The van der Waals surface area contributed by atoms with Gasteiger partial charge < -0.3 is 62.2 Å². The van der Waals surface area contributed by atoms with Gasteiger partial charge in [0.1, 0.15) is 48.9 Å². The van der Waals surface area contributed by atoms with Crippen LogP contribution in [-0.2, 0) is 41.3 Å². The summed E-state index contributed by atoms with van der Waals surface area (Å²) < 4.78 is 25.7. The molecule has 418 valence electrons. The molecule has 1 saturated heterocycles. The summed E-state index contributed by atoms with van der Waals surface area (Å²) >= 11 is 0. The average molecular weight is 1070 g/mol. The Labute approximate surface area is 460 Å². The smallest absolute Gasteiger partial charge is 0.481 e. The standard InChI is InChI=1S/C60H81BN8O9/c1-8-9-12-38-14-17-40(18-15-38)41-19-21-42(22-20-41)55(71)67-47(13-10-11-26-62)58(74)69(7)53-43-23-25-50(76-30-28-64)46(33-43)45-31-39(16-24-49(45)75-29-27-63)32-48(68-54(70)36(2)65-57(53)73)56(72)66-37(3)61-77-52-35-44-34-51(59(44,4)5)60(52,6)78-61/h14-25,31,33,36-37,44,47-48,51-53H,8-13,26-30,32,34-35,62-64H2,1-7H3,(H,65,73)(H,66,72)(H,67,71)(H,68,70). The summed E-state index contributed by atoms with van der Waals surface area (Å²) in [4.78, 5) is 74.4. The van der Waals surface area contributed by atoms with Gasteiger partial charge in [-0.25, -0.2) is 0 Å². The van der Waals surface area contributed by atoms with Gasteiger partial charge in [-0.1, -0.05) is 75.7 Å². The van der Waals surface area contributed by atoms with Crippen molar-refractivity contribution >= 4 is 36.7 Å². The molecule has 78 heavy (non-hydrogen) atoms. The van der Waals surface area contributed by atoms with E-state index in [-0.39, 0.29) is 50.7 Å². The van der Waals surface area contributed by atoms with Gasteiger partial charge in [0, 0.05) is 43.2 Å². The number of hydrogen-bond acceptors (Lipinski definition) is 12. The third-order valence-electron chi connectivity index (χ3n) is 16.8. The van der Waals surface area contributed by atoms with Crippen molar-refractivity contribution in [2.45, 2.75) is 141 Å². The Balaban J connectivity index is 1.09. The van der Waals surface area contributed by atoms with Crippen molar-refractivity contribution < 1.29 is 42.8 Å². The summed E-state index contributed by atoms with van der Waals surface area (Å²) in [5, 5.41) is 11.8. The second-order valence-corrected chi connectivity index (χ2v) is 22.5. The Morgan fingerprint density at radius 3 is 2.10 bits per heavy atom. The number of amides is 5. The van der Waals surface area contributed by atoms with Crippen molar-refractivity contribution in [1.82, 2.24) is 26.2 Å². The lowest BCUT2D eigenvalue weighted by Crippen LogP contribution is -2.65. The molecule has 6 bridgehead atoms. The number of nitrogens with two attached hydrogens (primary N) is 3. The topological polar surface area (TPSA) is 252 Å². The van der Waals surface area contributed by atoms with Crippen LogP contribution in [0.3, 0.4) is 0 Å². The van der Waals surface area contributed by atoms with Gasteiger partial charge in [0.2, 0.25) is 23.6 Å². The lowest BCUT2D eigenvalue weighted by atomic mass is 9.43. The van der Waals surface area contributed by atoms with E-state index in [2.05, 4.69) is 73.2 Å². The molecule has 3 saturated carbocycles. The Morgan fingerprint density at radius 2 is 1.46 bits per heavy atom. The number of likely N-dealkylation sites (N-methyl/N-ethyl adjacent to an activating group) is 1. The number of unbranched alkanes of at least 4 members (excludes halogenated alkanes) is 2. The fourth-order valence-corrected chi connectivity index (χ4v) is 12.0. The number of ether oxygens (including phenoxy) is 2. The first-order valence-electron chi connectivity index (χ1n) is 28.0. The van der Waals surface area contributed by atoms with Crippen LogP contribution in [0.4, 0.5) is 0 Å². The van der Waals surface area contributed by atoms with Crippen molar-refractivity contribution in [1.29, 1.82) is 0 Å². The molecular formula is C60H81BN8O9. The van der Waals surface area contributed by atoms with E-state index < -0.39 is 72.4 Å². The molecule has 2 aliphatic heterocycles. The molecule has 4 aromatic rings. The monoisotopic (exact) mass is 1070 g/mol. The van der Waals surface area contributed by atoms with E-state index in [1.165, 1.54) is 24.4 Å². The van der Waals surface area contributed by atoms with Gasteiger partial charge in [0.05, 0.1) is 17.6 Å². The van der Waals surface area contributed by atoms with Gasteiger partial charge in [0.15, 0.2) is 0 Å². The number of aryl methyl sites for hydroxylation is 1. The third kappa shape index (κ3) is 12.6. The molecule has 4 fully saturated rings. The number of carbonyl (C=O) groups excluding carboxylic acids is 5. The SMILES string of the molecule is CCCCc1ccc(-c2ccc(C(=O)NC(CCCCN)C(=O)N(C)C3C(=O)NC(C)C(=O)NC(C(=O)NC(C)B4OC5CC6CC(C6(C)C)C5(C)O4)Cc4ccc(OCCN)c(c4)-c4cc3ccc4OCCN)cc2)cc1. The Kier molecular flexibility index (Phi) is 18.7. The highest BCUT2D eigenvalue weighted by Gasteiger charge is 2.68. The van der Waals surface area contributed by atoms with E-state index in [9.17, 15) is 19.2 Å². The molecule has 0 spiro atoms.